The van der Waals surface area contributed by atoms with Gasteiger partial charge in [-0.2, -0.15) is 0 Å². The minimum Gasteiger partial charge on any atom is -0.497 e. The summed E-state index contributed by atoms with van der Waals surface area (Å²) in [6.45, 7) is 2.17. The fraction of sp³-hybridized carbons (Fsp3) is 0.350. The van der Waals surface area contributed by atoms with Gasteiger partial charge < -0.3 is 10.1 Å². The number of benzene rings is 2. The van der Waals surface area contributed by atoms with Crippen LogP contribution in [0.2, 0.25) is 0 Å². The van der Waals surface area contributed by atoms with Gasteiger partial charge in [0.25, 0.3) is 0 Å². The van der Waals surface area contributed by atoms with Gasteiger partial charge in [0.05, 0.1) is 25.1 Å². The van der Waals surface area contributed by atoms with Crippen molar-refractivity contribution in [2.45, 2.75) is 25.8 Å². The Morgan fingerprint density at radius 2 is 1.74 bits per heavy atom. The summed E-state index contributed by atoms with van der Waals surface area (Å²) < 4.78 is 30.5. The van der Waals surface area contributed by atoms with E-state index in [1.165, 1.54) is 10.6 Å². The van der Waals surface area contributed by atoms with Gasteiger partial charge in [-0.05, 0) is 43.2 Å². The number of carbonyl (C=O) groups excluding carboxylic acids is 1. The van der Waals surface area contributed by atoms with Crippen molar-refractivity contribution in [2.24, 2.45) is 0 Å². The molecule has 0 fully saturated rings. The summed E-state index contributed by atoms with van der Waals surface area (Å²) in [6, 6.07) is 16.3. The summed E-state index contributed by atoms with van der Waals surface area (Å²) >= 11 is 0. The minimum atomic E-state index is -3.40. The van der Waals surface area contributed by atoms with Crippen molar-refractivity contribution in [1.82, 2.24) is 5.32 Å². The molecule has 7 heteroatoms. The van der Waals surface area contributed by atoms with Gasteiger partial charge in [-0.1, -0.05) is 30.3 Å². The van der Waals surface area contributed by atoms with E-state index in [9.17, 15) is 13.2 Å². The molecule has 0 spiro atoms. The maximum absolute atomic E-state index is 12.2. The third kappa shape index (κ3) is 6.29. The Kier molecular flexibility index (Phi) is 7.24. The molecular formula is C20H26N2O4S. The molecule has 0 aliphatic carbocycles. The van der Waals surface area contributed by atoms with Crippen molar-refractivity contribution < 1.29 is 17.9 Å². The molecule has 0 aliphatic heterocycles. The second-order valence-corrected chi connectivity index (χ2v) is 8.24. The lowest BCUT2D eigenvalue weighted by atomic mass is 10.1. The van der Waals surface area contributed by atoms with E-state index < -0.39 is 10.0 Å². The highest BCUT2D eigenvalue weighted by Gasteiger charge is 2.17. The molecule has 0 bridgehead atoms. The van der Waals surface area contributed by atoms with E-state index in [0.717, 1.165) is 11.3 Å². The number of hydrogen-bond donors (Lipinski definition) is 1. The lowest BCUT2D eigenvalue weighted by molar-refractivity contribution is -0.121. The van der Waals surface area contributed by atoms with Crippen LogP contribution in [0.3, 0.4) is 0 Å². The van der Waals surface area contributed by atoms with Crippen LogP contribution in [0, 0.1) is 0 Å². The van der Waals surface area contributed by atoms with Gasteiger partial charge >= 0.3 is 0 Å². The molecule has 0 aliphatic rings. The number of rotatable bonds is 9. The first-order chi connectivity index (χ1) is 12.8. The summed E-state index contributed by atoms with van der Waals surface area (Å²) in [7, 11) is -1.79. The molecule has 0 heterocycles. The van der Waals surface area contributed by atoms with Gasteiger partial charge in [0.1, 0.15) is 5.75 Å². The number of hydrogen-bond acceptors (Lipinski definition) is 4. The van der Waals surface area contributed by atoms with E-state index in [-0.39, 0.29) is 24.9 Å². The SMILES string of the molecule is COc1ccc(C(C)NC(=O)CCCN(c2ccccc2)S(C)(=O)=O)cc1. The molecule has 1 amide bonds. The van der Waals surface area contributed by atoms with Gasteiger partial charge in [0, 0.05) is 13.0 Å². The Labute approximate surface area is 161 Å². The Morgan fingerprint density at radius 3 is 2.30 bits per heavy atom. The average molecular weight is 391 g/mol. The van der Waals surface area contributed by atoms with Crippen LogP contribution >= 0.6 is 0 Å². The van der Waals surface area contributed by atoms with Crippen LogP contribution in [0.4, 0.5) is 5.69 Å². The van der Waals surface area contributed by atoms with Crippen LogP contribution in [-0.2, 0) is 14.8 Å². The van der Waals surface area contributed by atoms with E-state index in [0.29, 0.717) is 12.1 Å². The zero-order chi connectivity index (χ0) is 19.9. The number of methoxy groups -OCH3 is 1. The summed E-state index contributed by atoms with van der Waals surface area (Å²) in [4.78, 5) is 12.2. The molecule has 27 heavy (non-hydrogen) atoms. The minimum absolute atomic E-state index is 0.111. The summed E-state index contributed by atoms with van der Waals surface area (Å²) in [6.07, 6.45) is 1.86. The Morgan fingerprint density at radius 1 is 1.11 bits per heavy atom. The van der Waals surface area contributed by atoms with Crippen molar-refractivity contribution in [3.8, 4) is 5.75 Å². The van der Waals surface area contributed by atoms with Crippen LogP contribution in [0.15, 0.2) is 54.6 Å². The highest BCUT2D eigenvalue weighted by molar-refractivity contribution is 7.92. The maximum Gasteiger partial charge on any atom is 0.232 e. The number of nitrogens with zero attached hydrogens (tertiary/aromatic N) is 1. The van der Waals surface area contributed by atoms with Gasteiger partial charge in [0.2, 0.25) is 15.9 Å². The first-order valence-electron chi connectivity index (χ1n) is 8.77. The molecule has 1 atom stereocenters. The molecule has 6 nitrogen and oxygen atoms in total. The number of carbonyl (C=O) groups is 1. The van der Waals surface area contributed by atoms with Crippen molar-refractivity contribution in [1.29, 1.82) is 0 Å². The summed E-state index contributed by atoms with van der Waals surface area (Å²) in [5.41, 5.74) is 1.58. The highest BCUT2D eigenvalue weighted by Crippen LogP contribution is 2.19. The Balaban J connectivity index is 1.88. The van der Waals surface area contributed by atoms with Crippen LogP contribution in [0.25, 0.3) is 0 Å². The molecule has 0 saturated carbocycles. The van der Waals surface area contributed by atoms with Gasteiger partial charge in [0.15, 0.2) is 0 Å². The van der Waals surface area contributed by atoms with Crippen LogP contribution < -0.4 is 14.4 Å². The number of ether oxygens (including phenoxy) is 1. The number of nitrogens with one attached hydrogen (secondary N) is 1. The zero-order valence-electron chi connectivity index (χ0n) is 15.9. The molecule has 2 aromatic rings. The second-order valence-electron chi connectivity index (χ2n) is 6.34. The van der Waals surface area contributed by atoms with Crippen LogP contribution in [-0.4, -0.2) is 34.2 Å². The predicted octanol–water partition coefficient (Wildman–Crippen LogP) is 3.12. The largest absolute Gasteiger partial charge is 0.497 e. The lowest BCUT2D eigenvalue weighted by Crippen LogP contribution is -2.32. The number of para-hydroxylation sites is 1. The number of anilines is 1. The van der Waals surface area contributed by atoms with Gasteiger partial charge in [-0.15, -0.1) is 0 Å². The van der Waals surface area contributed by atoms with E-state index in [4.69, 9.17) is 4.74 Å². The molecule has 0 radical (unpaired) electrons. The molecule has 1 N–H and O–H groups in total. The maximum atomic E-state index is 12.2. The predicted molar refractivity (Wildman–Crippen MR) is 107 cm³/mol. The molecule has 1 unspecified atom stereocenters. The molecule has 146 valence electrons. The standard InChI is InChI=1S/C20H26N2O4S/c1-16(17-11-13-19(26-2)14-12-17)21-20(23)10-7-15-22(27(3,24)25)18-8-5-4-6-9-18/h4-6,8-9,11-14,16H,7,10,15H2,1-3H3,(H,21,23). The van der Waals surface area contributed by atoms with Crippen molar-refractivity contribution >= 4 is 21.6 Å². The molecular weight excluding hydrogens is 364 g/mol. The quantitative estimate of drug-likeness (QED) is 0.714. The second kappa shape index (κ2) is 9.41. The molecule has 0 aromatic heterocycles. The molecule has 2 aromatic carbocycles. The molecule has 0 saturated heterocycles. The third-order valence-corrected chi connectivity index (χ3v) is 5.40. The topological polar surface area (TPSA) is 75.7 Å². The normalized spacial score (nSPS) is 12.3. The van der Waals surface area contributed by atoms with Crippen molar-refractivity contribution in [2.75, 3.05) is 24.2 Å². The smallest absolute Gasteiger partial charge is 0.232 e. The van der Waals surface area contributed by atoms with Crippen LogP contribution in [0.1, 0.15) is 31.4 Å². The van der Waals surface area contributed by atoms with Gasteiger partial charge in [-0.25, -0.2) is 8.42 Å². The Bertz CT molecular complexity index is 836. The fourth-order valence-electron chi connectivity index (χ4n) is 2.75. The fourth-order valence-corrected chi connectivity index (χ4v) is 3.72. The summed E-state index contributed by atoms with van der Waals surface area (Å²) in [5, 5.41) is 2.94. The third-order valence-electron chi connectivity index (χ3n) is 4.20. The van der Waals surface area contributed by atoms with E-state index in [1.807, 2.05) is 37.3 Å². The monoisotopic (exact) mass is 390 g/mol. The Hall–Kier alpha value is -2.54. The highest BCUT2D eigenvalue weighted by atomic mass is 32.2. The van der Waals surface area contributed by atoms with E-state index >= 15 is 0 Å². The van der Waals surface area contributed by atoms with Gasteiger partial charge in [-0.3, -0.25) is 9.10 Å². The van der Waals surface area contributed by atoms with Crippen molar-refractivity contribution in [3.63, 3.8) is 0 Å². The van der Waals surface area contributed by atoms with Crippen LogP contribution in [0.5, 0.6) is 5.75 Å². The zero-order valence-corrected chi connectivity index (χ0v) is 16.7. The molecule has 2 rings (SSSR count). The van der Waals surface area contributed by atoms with E-state index in [2.05, 4.69) is 5.32 Å². The van der Waals surface area contributed by atoms with E-state index in [1.54, 1.807) is 31.4 Å². The lowest BCUT2D eigenvalue weighted by Gasteiger charge is -2.22. The number of amides is 1. The van der Waals surface area contributed by atoms with Crippen molar-refractivity contribution in [3.05, 3.63) is 60.2 Å². The summed E-state index contributed by atoms with van der Waals surface area (Å²) in [5.74, 6) is 0.652. The first-order valence-corrected chi connectivity index (χ1v) is 10.6. The first kappa shape index (κ1) is 20.8. The number of sulfonamides is 1. The average Bonchev–Trinajstić information content (AvgIpc) is 2.65.